The van der Waals surface area contributed by atoms with Gasteiger partial charge in [0.1, 0.15) is 5.82 Å². The van der Waals surface area contributed by atoms with Crippen LogP contribution in [0.15, 0.2) is 22.7 Å². The van der Waals surface area contributed by atoms with E-state index in [1.54, 1.807) is 6.07 Å². The van der Waals surface area contributed by atoms with Crippen molar-refractivity contribution < 1.29 is 9.13 Å². The minimum Gasteiger partial charge on any atom is -0.369 e. The summed E-state index contributed by atoms with van der Waals surface area (Å²) >= 11 is 3.37. The highest BCUT2D eigenvalue weighted by atomic mass is 79.9. The Morgan fingerprint density at radius 3 is 2.88 bits per heavy atom. The maximum Gasteiger partial charge on any atom is 0.126 e. The molecule has 0 aromatic heterocycles. The molecule has 3 heteroatoms. The van der Waals surface area contributed by atoms with Crippen molar-refractivity contribution in [3.8, 4) is 0 Å². The van der Waals surface area contributed by atoms with Crippen molar-refractivity contribution in [1.29, 1.82) is 0 Å². The van der Waals surface area contributed by atoms with Gasteiger partial charge in [0.15, 0.2) is 0 Å². The van der Waals surface area contributed by atoms with Gasteiger partial charge in [-0.3, -0.25) is 0 Å². The van der Waals surface area contributed by atoms with Crippen molar-refractivity contribution in [1.82, 2.24) is 0 Å². The molecule has 1 aromatic carbocycles. The van der Waals surface area contributed by atoms with Crippen molar-refractivity contribution in [2.45, 2.75) is 38.9 Å². The van der Waals surface area contributed by atoms with E-state index in [0.717, 1.165) is 22.9 Å². The molecule has 1 fully saturated rings. The summed E-state index contributed by atoms with van der Waals surface area (Å²) in [5.41, 5.74) is 0.771. The zero-order chi connectivity index (χ0) is 11.7. The Balaban J connectivity index is 2.01. The van der Waals surface area contributed by atoms with Crippen molar-refractivity contribution in [2.24, 2.45) is 5.92 Å². The Bertz CT molecular complexity index is 380. The van der Waals surface area contributed by atoms with Gasteiger partial charge in [0.2, 0.25) is 0 Å². The van der Waals surface area contributed by atoms with E-state index in [1.165, 1.54) is 6.07 Å². The summed E-state index contributed by atoms with van der Waals surface area (Å²) in [6.45, 7) is 4.25. The van der Waals surface area contributed by atoms with Crippen LogP contribution in [0.5, 0.6) is 0 Å². The molecule has 88 valence electrons. The van der Waals surface area contributed by atoms with Gasteiger partial charge in [-0.2, -0.15) is 0 Å². The maximum atomic E-state index is 13.5. The highest BCUT2D eigenvalue weighted by Crippen LogP contribution is 2.34. The third-order valence-corrected chi connectivity index (χ3v) is 3.63. The number of halogens is 2. The summed E-state index contributed by atoms with van der Waals surface area (Å²) in [7, 11) is 0. The molecule has 0 saturated carbocycles. The lowest BCUT2D eigenvalue weighted by molar-refractivity contribution is 0.321. The van der Waals surface area contributed by atoms with Crippen LogP contribution >= 0.6 is 15.9 Å². The van der Waals surface area contributed by atoms with E-state index in [9.17, 15) is 4.39 Å². The number of epoxide rings is 1. The van der Waals surface area contributed by atoms with E-state index in [1.807, 2.05) is 6.07 Å². The molecule has 0 N–H and O–H groups in total. The Morgan fingerprint density at radius 2 is 2.25 bits per heavy atom. The first-order valence-electron chi connectivity index (χ1n) is 5.71. The second-order valence-electron chi connectivity index (χ2n) is 4.46. The first-order chi connectivity index (χ1) is 7.61. The minimum atomic E-state index is -0.122. The average molecular weight is 287 g/mol. The van der Waals surface area contributed by atoms with Crippen LogP contribution in [0, 0.1) is 11.7 Å². The third-order valence-electron chi connectivity index (χ3n) is 3.13. The van der Waals surface area contributed by atoms with Crippen LogP contribution in [0.3, 0.4) is 0 Å². The van der Waals surface area contributed by atoms with Gasteiger partial charge in [-0.1, -0.05) is 29.8 Å². The highest BCUT2D eigenvalue weighted by molar-refractivity contribution is 9.10. The van der Waals surface area contributed by atoms with Crippen LogP contribution in [-0.2, 0) is 11.2 Å². The average Bonchev–Trinajstić information content (AvgIpc) is 3.02. The first kappa shape index (κ1) is 12.1. The van der Waals surface area contributed by atoms with Crippen molar-refractivity contribution in [3.05, 3.63) is 34.1 Å². The monoisotopic (exact) mass is 286 g/mol. The van der Waals surface area contributed by atoms with Crippen molar-refractivity contribution in [2.75, 3.05) is 0 Å². The van der Waals surface area contributed by atoms with Crippen molar-refractivity contribution >= 4 is 15.9 Å². The lowest BCUT2D eigenvalue weighted by Crippen LogP contribution is -2.10. The fraction of sp³-hybridized carbons (Fsp3) is 0.538. The van der Waals surface area contributed by atoms with Crippen LogP contribution in [0.4, 0.5) is 4.39 Å². The molecule has 1 nitrogen and oxygen atoms in total. The summed E-state index contributed by atoms with van der Waals surface area (Å²) < 4.78 is 20.0. The molecule has 0 aliphatic carbocycles. The predicted octanol–water partition coefficient (Wildman–Crippen LogP) is 3.94. The number of benzene rings is 1. The molecule has 2 rings (SSSR count). The summed E-state index contributed by atoms with van der Waals surface area (Å²) in [5, 5.41) is 0. The summed E-state index contributed by atoms with van der Waals surface area (Å²) in [5.74, 6) is 0.262. The largest absolute Gasteiger partial charge is 0.369 e. The normalized spacial score (nSPS) is 25.5. The molecule has 16 heavy (non-hydrogen) atoms. The lowest BCUT2D eigenvalue weighted by atomic mass is 9.95. The SMILES string of the molecule is CCC1OC1C(C)Cc1cc(Br)ccc1F. The molecule has 0 bridgehead atoms. The molecule has 1 heterocycles. The number of hydrogen-bond donors (Lipinski definition) is 0. The van der Waals surface area contributed by atoms with E-state index in [2.05, 4.69) is 29.8 Å². The number of rotatable bonds is 4. The summed E-state index contributed by atoms with van der Waals surface area (Å²) in [6.07, 6.45) is 2.51. The fourth-order valence-corrected chi connectivity index (χ4v) is 2.56. The second-order valence-corrected chi connectivity index (χ2v) is 5.38. The maximum absolute atomic E-state index is 13.5. The first-order valence-corrected chi connectivity index (χ1v) is 6.50. The van der Waals surface area contributed by atoms with E-state index >= 15 is 0 Å². The highest BCUT2D eigenvalue weighted by Gasteiger charge is 2.41. The molecule has 0 amide bonds. The van der Waals surface area contributed by atoms with Gasteiger partial charge >= 0.3 is 0 Å². The van der Waals surface area contributed by atoms with Crippen LogP contribution in [0.1, 0.15) is 25.8 Å². The quantitative estimate of drug-likeness (QED) is 0.764. The molecule has 1 aromatic rings. The van der Waals surface area contributed by atoms with E-state index in [4.69, 9.17) is 4.74 Å². The summed E-state index contributed by atoms with van der Waals surface area (Å²) in [4.78, 5) is 0. The molecular weight excluding hydrogens is 271 g/mol. The lowest BCUT2D eigenvalue weighted by Gasteiger charge is -2.09. The Kier molecular flexibility index (Phi) is 3.65. The predicted molar refractivity (Wildman–Crippen MR) is 65.9 cm³/mol. The molecule has 3 atom stereocenters. The van der Waals surface area contributed by atoms with E-state index in [-0.39, 0.29) is 5.82 Å². The van der Waals surface area contributed by atoms with Gasteiger partial charge in [0, 0.05) is 4.47 Å². The topological polar surface area (TPSA) is 12.5 Å². The molecule has 1 aliphatic heterocycles. The zero-order valence-corrected chi connectivity index (χ0v) is 11.1. The summed E-state index contributed by atoms with van der Waals surface area (Å²) in [6, 6.07) is 5.10. The van der Waals surface area contributed by atoms with Gasteiger partial charge in [-0.15, -0.1) is 0 Å². The van der Waals surface area contributed by atoms with Gasteiger partial charge in [-0.05, 0) is 42.5 Å². The number of hydrogen-bond acceptors (Lipinski definition) is 1. The van der Waals surface area contributed by atoms with Crippen LogP contribution in [-0.4, -0.2) is 12.2 Å². The zero-order valence-electron chi connectivity index (χ0n) is 9.54. The Labute approximate surface area is 104 Å². The molecule has 0 spiro atoms. The minimum absolute atomic E-state index is 0.122. The van der Waals surface area contributed by atoms with E-state index in [0.29, 0.717) is 18.1 Å². The molecule has 1 aliphatic rings. The molecule has 0 radical (unpaired) electrons. The second kappa shape index (κ2) is 4.84. The standard InChI is InChI=1S/C13H16BrFO/c1-3-12-13(16-12)8(2)6-9-7-10(14)4-5-11(9)15/h4-5,7-8,12-13H,3,6H2,1-2H3. The van der Waals surface area contributed by atoms with Gasteiger partial charge < -0.3 is 4.74 Å². The van der Waals surface area contributed by atoms with Gasteiger partial charge in [0.05, 0.1) is 12.2 Å². The van der Waals surface area contributed by atoms with Gasteiger partial charge in [-0.25, -0.2) is 4.39 Å². The van der Waals surface area contributed by atoms with Gasteiger partial charge in [0.25, 0.3) is 0 Å². The molecular formula is C13H16BrFO. The Morgan fingerprint density at radius 1 is 1.50 bits per heavy atom. The van der Waals surface area contributed by atoms with Crippen LogP contribution in [0.2, 0.25) is 0 Å². The van der Waals surface area contributed by atoms with E-state index < -0.39 is 0 Å². The van der Waals surface area contributed by atoms with Crippen LogP contribution in [0.25, 0.3) is 0 Å². The fourth-order valence-electron chi connectivity index (χ4n) is 2.15. The molecule has 3 unspecified atom stereocenters. The molecule has 1 saturated heterocycles. The number of ether oxygens (including phenoxy) is 1. The van der Waals surface area contributed by atoms with Crippen molar-refractivity contribution in [3.63, 3.8) is 0 Å². The Hall–Kier alpha value is -0.410. The third kappa shape index (κ3) is 2.64. The smallest absolute Gasteiger partial charge is 0.126 e. The van der Waals surface area contributed by atoms with Crippen LogP contribution < -0.4 is 0 Å².